The summed E-state index contributed by atoms with van der Waals surface area (Å²) in [5, 5.41) is 14.4. The number of hydrogen-bond donors (Lipinski definition) is 3. The minimum Gasteiger partial charge on any atom is -0.481 e. The van der Waals surface area contributed by atoms with Crippen LogP contribution in [-0.2, 0) is 19.1 Å². The van der Waals surface area contributed by atoms with Crippen molar-refractivity contribution in [1.29, 1.82) is 0 Å². The highest BCUT2D eigenvalue weighted by Crippen LogP contribution is 2.44. The van der Waals surface area contributed by atoms with Crippen LogP contribution >= 0.6 is 0 Å². The van der Waals surface area contributed by atoms with Gasteiger partial charge in [-0.15, -0.1) is 0 Å². The molecule has 1 unspecified atom stereocenters. The summed E-state index contributed by atoms with van der Waals surface area (Å²) >= 11 is 0. The molecule has 8 nitrogen and oxygen atoms in total. The maximum absolute atomic E-state index is 12.6. The van der Waals surface area contributed by atoms with E-state index in [0.29, 0.717) is 26.0 Å². The van der Waals surface area contributed by atoms with E-state index in [-0.39, 0.29) is 30.8 Å². The second kappa shape index (κ2) is 10.7. The zero-order valence-corrected chi connectivity index (χ0v) is 19.2. The van der Waals surface area contributed by atoms with Crippen LogP contribution in [0.25, 0.3) is 11.1 Å². The first kappa shape index (κ1) is 23.8. The first-order valence-electron chi connectivity index (χ1n) is 11.7. The molecule has 0 bridgehead atoms. The number of amides is 2. The average Bonchev–Trinajstić information content (AvgIpc) is 3.39. The Hall–Kier alpha value is -3.39. The minimum absolute atomic E-state index is 0.0372. The summed E-state index contributed by atoms with van der Waals surface area (Å²) in [7, 11) is 0. The Morgan fingerprint density at radius 1 is 1.09 bits per heavy atom. The molecular weight excluding hydrogens is 436 g/mol. The molecule has 0 spiro atoms. The van der Waals surface area contributed by atoms with E-state index in [4.69, 9.17) is 14.6 Å². The van der Waals surface area contributed by atoms with Crippen molar-refractivity contribution in [3.8, 4) is 11.1 Å². The fourth-order valence-corrected chi connectivity index (χ4v) is 4.73. The van der Waals surface area contributed by atoms with Gasteiger partial charge in [-0.25, -0.2) is 4.79 Å². The quantitative estimate of drug-likeness (QED) is 0.523. The molecular formula is C26H30N2O6. The molecule has 1 heterocycles. The number of fused-ring (bicyclic) bond motifs is 3. The number of nitrogens with one attached hydrogen (secondary N) is 2. The number of ether oxygens (including phenoxy) is 2. The number of carboxylic acids is 1. The second-order valence-electron chi connectivity index (χ2n) is 8.94. The molecule has 180 valence electrons. The van der Waals surface area contributed by atoms with Crippen LogP contribution in [0.3, 0.4) is 0 Å². The lowest BCUT2D eigenvalue weighted by molar-refractivity contribution is -0.138. The van der Waals surface area contributed by atoms with Crippen molar-refractivity contribution < 1.29 is 29.0 Å². The highest BCUT2D eigenvalue weighted by atomic mass is 16.6. The molecule has 1 aliphatic carbocycles. The molecule has 8 heteroatoms. The largest absolute Gasteiger partial charge is 0.481 e. The molecule has 0 radical (unpaired) electrons. The summed E-state index contributed by atoms with van der Waals surface area (Å²) < 4.78 is 11.1. The Balaban J connectivity index is 1.28. The van der Waals surface area contributed by atoms with Gasteiger partial charge in [-0.2, -0.15) is 0 Å². The molecule has 4 rings (SSSR count). The first-order chi connectivity index (χ1) is 16.4. The van der Waals surface area contributed by atoms with Gasteiger partial charge in [-0.1, -0.05) is 55.5 Å². The topological polar surface area (TPSA) is 114 Å². The molecule has 2 aromatic carbocycles. The normalized spacial score (nSPS) is 19.7. The Bertz CT molecular complexity index is 1010. The predicted octanol–water partition coefficient (Wildman–Crippen LogP) is 3.30. The number of aliphatic carboxylic acids is 1. The Morgan fingerprint density at radius 3 is 2.38 bits per heavy atom. The van der Waals surface area contributed by atoms with Crippen LogP contribution in [0.4, 0.5) is 4.79 Å². The molecule has 0 saturated carbocycles. The van der Waals surface area contributed by atoms with Crippen molar-refractivity contribution in [3.63, 3.8) is 0 Å². The fraction of sp³-hybridized carbons (Fsp3) is 0.423. The van der Waals surface area contributed by atoms with E-state index in [9.17, 15) is 14.4 Å². The number of benzene rings is 2. The van der Waals surface area contributed by atoms with E-state index in [1.54, 1.807) is 0 Å². The summed E-state index contributed by atoms with van der Waals surface area (Å²) in [5.41, 5.74) is 4.58. The number of alkyl carbamates (subject to hydrolysis) is 1. The maximum atomic E-state index is 12.6. The van der Waals surface area contributed by atoms with Crippen LogP contribution in [0.15, 0.2) is 48.5 Å². The number of carbonyl (C=O) groups excluding carboxylic acids is 2. The van der Waals surface area contributed by atoms with Crippen LogP contribution in [0.2, 0.25) is 0 Å². The van der Waals surface area contributed by atoms with E-state index >= 15 is 0 Å². The van der Waals surface area contributed by atoms with E-state index < -0.39 is 24.2 Å². The van der Waals surface area contributed by atoms with Crippen molar-refractivity contribution in [2.75, 3.05) is 19.8 Å². The Kier molecular flexibility index (Phi) is 7.47. The van der Waals surface area contributed by atoms with Gasteiger partial charge in [0, 0.05) is 25.5 Å². The smallest absolute Gasteiger partial charge is 0.407 e. The number of carboxylic acid groups (broad SMARTS) is 1. The summed E-state index contributed by atoms with van der Waals surface area (Å²) in [4.78, 5) is 35.9. The molecule has 2 amide bonds. The zero-order valence-electron chi connectivity index (χ0n) is 19.2. The average molecular weight is 467 g/mol. The van der Waals surface area contributed by atoms with E-state index in [1.807, 2.05) is 31.2 Å². The van der Waals surface area contributed by atoms with Gasteiger partial charge in [0.1, 0.15) is 6.61 Å². The van der Waals surface area contributed by atoms with Gasteiger partial charge in [0.25, 0.3) is 5.91 Å². The van der Waals surface area contributed by atoms with E-state index in [2.05, 4.69) is 34.9 Å². The van der Waals surface area contributed by atoms with Gasteiger partial charge in [0.15, 0.2) is 6.10 Å². The lowest BCUT2D eigenvalue weighted by atomic mass is 9.98. The van der Waals surface area contributed by atoms with Gasteiger partial charge in [-0.3, -0.25) is 9.59 Å². The van der Waals surface area contributed by atoms with Crippen LogP contribution in [0.1, 0.15) is 43.2 Å². The van der Waals surface area contributed by atoms with Crippen molar-refractivity contribution in [3.05, 3.63) is 59.7 Å². The van der Waals surface area contributed by atoms with Crippen LogP contribution in [0.5, 0.6) is 0 Å². The number of rotatable bonds is 9. The van der Waals surface area contributed by atoms with Crippen molar-refractivity contribution in [1.82, 2.24) is 10.6 Å². The molecule has 1 saturated heterocycles. The Morgan fingerprint density at radius 2 is 1.74 bits per heavy atom. The second-order valence-corrected chi connectivity index (χ2v) is 8.94. The lowest BCUT2D eigenvalue weighted by Gasteiger charge is -2.20. The fourth-order valence-electron chi connectivity index (χ4n) is 4.73. The standard InChI is InChI=1S/C26H30N2O6/c1-16(14-23(29)30)10-12-27-25(31)24-22(11-13-33-24)28-26(32)34-15-21-19-8-4-2-6-17(19)18-7-3-5-9-20(18)21/h2-9,16,21-22,24H,10-15H2,1H3,(H,27,31)(H,28,32)(H,29,30)/t16?,22-,24+/m0/s1. The molecule has 3 atom stereocenters. The van der Waals surface area contributed by atoms with Crippen LogP contribution < -0.4 is 10.6 Å². The van der Waals surface area contributed by atoms with Gasteiger partial charge in [-0.05, 0) is 41.0 Å². The van der Waals surface area contributed by atoms with Gasteiger partial charge >= 0.3 is 12.1 Å². The molecule has 3 N–H and O–H groups in total. The van der Waals surface area contributed by atoms with Gasteiger partial charge < -0.3 is 25.2 Å². The lowest BCUT2D eigenvalue weighted by Crippen LogP contribution is -2.48. The summed E-state index contributed by atoms with van der Waals surface area (Å²) in [6.07, 6.45) is -0.255. The monoisotopic (exact) mass is 466 g/mol. The number of carbonyl (C=O) groups is 3. The molecule has 34 heavy (non-hydrogen) atoms. The summed E-state index contributed by atoms with van der Waals surface area (Å²) in [5.74, 6) is -1.25. The first-order valence-corrected chi connectivity index (χ1v) is 11.7. The van der Waals surface area contributed by atoms with Gasteiger partial charge in [0.2, 0.25) is 0 Å². The summed E-state index contributed by atoms with van der Waals surface area (Å²) in [6, 6.07) is 15.8. The number of hydrogen-bond acceptors (Lipinski definition) is 5. The van der Waals surface area contributed by atoms with E-state index in [0.717, 1.165) is 22.3 Å². The molecule has 2 aliphatic rings. The maximum Gasteiger partial charge on any atom is 0.407 e. The van der Waals surface area contributed by atoms with Crippen molar-refractivity contribution >= 4 is 18.0 Å². The zero-order chi connectivity index (χ0) is 24.1. The van der Waals surface area contributed by atoms with Crippen molar-refractivity contribution in [2.45, 2.75) is 44.2 Å². The summed E-state index contributed by atoms with van der Waals surface area (Å²) in [6.45, 7) is 2.74. The van der Waals surface area contributed by atoms with Crippen LogP contribution in [-0.4, -0.2) is 55.0 Å². The Labute approximate surface area is 198 Å². The molecule has 0 aromatic heterocycles. The predicted molar refractivity (Wildman–Crippen MR) is 125 cm³/mol. The third-order valence-electron chi connectivity index (χ3n) is 6.46. The highest BCUT2D eigenvalue weighted by molar-refractivity contribution is 5.83. The third kappa shape index (κ3) is 5.39. The molecule has 2 aromatic rings. The van der Waals surface area contributed by atoms with E-state index in [1.165, 1.54) is 0 Å². The highest BCUT2D eigenvalue weighted by Gasteiger charge is 2.36. The van der Waals surface area contributed by atoms with Gasteiger partial charge in [0.05, 0.1) is 6.04 Å². The van der Waals surface area contributed by atoms with Crippen LogP contribution in [0, 0.1) is 5.92 Å². The SMILES string of the molecule is CC(CCNC(=O)[C@@H]1OCC[C@@H]1NC(=O)OCC1c2ccccc2-c2ccccc21)CC(=O)O. The van der Waals surface area contributed by atoms with Crippen molar-refractivity contribution in [2.24, 2.45) is 5.92 Å². The molecule has 1 aliphatic heterocycles. The minimum atomic E-state index is -0.856. The molecule has 1 fully saturated rings. The third-order valence-corrected chi connectivity index (χ3v) is 6.46.